The lowest BCUT2D eigenvalue weighted by Gasteiger charge is -2.32. The zero-order valence-electron chi connectivity index (χ0n) is 17.6. The van der Waals surface area contributed by atoms with Gasteiger partial charge in [-0.3, -0.25) is 9.88 Å². The van der Waals surface area contributed by atoms with Crippen molar-refractivity contribution in [1.82, 2.24) is 4.98 Å². The quantitative estimate of drug-likeness (QED) is 0.444. The van der Waals surface area contributed by atoms with E-state index in [1.54, 1.807) is 11.0 Å². The van der Waals surface area contributed by atoms with Gasteiger partial charge in [0.1, 0.15) is 23.9 Å². The van der Waals surface area contributed by atoms with E-state index in [4.69, 9.17) is 16.3 Å². The van der Waals surface area contributed by atoms with Crippen molar-refractivity contribution < 1.29 is 13.9 Å². The average Bonchev–Trinajstić information content (AvgIpc) is 3.64. The third-order valence-electron chi connectivity index (χ3n) is 6.03. The molecule has 7 heteroatoms. The molecule has 0 spiro atoms. The van der Waals surface area contributed by atoms with Crippen LogP contribution in [0.25, 0.3) is 0 Å². The monoisotopic (exact) mass is 451 g/mol. The maximum absolute atomic E-state index is 13.9. The van der Waals surface area contributed by atoms with Gasteiger partial charge in [0.05, 0.1) is 17.6 Å². The minimum Gasteiger partial charge on any atom is -0.487 e. The second-order valence-electron chi connectivity index (χ2n) is 8.30. The molecule has 0 saturated heterocycles. The summed E-state index contributed by atoms with van der Waals surface area (Å²) in [5.41, 5.74) is 4.83. The molecule has 2 amide bonds. The molecule has 164 valence electrons. The Morgan fingerprint density at radius 2 is 2.09 bits per heavy atom. The first-order valence-electron chi connectivity index (χ1n) is 10.7. The summed E-state index contributed by atoms with van der Waals surface area (Å²) < 4.78 is 19.7. The number of alkyl halides is 1. The number of nitrogens with one attached hydrogen (secondary N) is 1. The smallest absolute Gasteiger partial charge is 0.326 e. The van der Waals surface area contributed by atoms with Crippen molar-refractivity contribution in [3.05, 3.63) is 82.9 Å². The van der Waals surface area contributed by atoms with Gasteiger partial charge >= 0.3 is 6.03 Å². The van der Waals surface area contributed by atoms with Crippen LogP contribution in [0.4, 0.5) is 20.6 Å². The molecular formula is C25H23ClFN3O2. The highest BCUT2D eigenvalue weighted by Crippen LogP contribution is 2.47. The molecule has 1 unspecified atom stereocenters. The topological polar surface area (TPSA) is 54.5 Å². The Kier molecular flexibility index (Phi) is 5.47. The Labute approximate surface area is 191 Å². The highest BCUT2D eigenvalue weighted by Gasteiger charge is 2.35. The number of urea groups is 1. The van der Waals surface area contributed by atoms with Gasteiger partial charge in [-0.1, -0.05) is 18.2 Å². The van der Waals surface area contributed by atoms with Crippen LogP contribution in [-0.4, -0.2) is 11.0 Å². The van der Waals surface area contributed by atoms with Crippen LogP contribution in [0.2, 0.25) is 0 Å². The minimum atomic E-state index is -0.411. The van der Waals surface area contributed by atoms with E-state index in [2.05, 4.69) is 16.4 Å². The number of aromatic nitrogens is 1. The molecule has 1 aliphatic heterocycles. The van der Waals surface area contributed by atoms with Gasteiger partial charge in [-0.25, -0.2) is 9.18 Å². The Morgan fingerprint density at radius 1 is 1.25 bits per heavy atom. The van der Waals surface area contributed by atoms with Crippen molar-refractivity contribution in [1.29, 1.82) is 0 Å². The number of carbonyl (C=O) groups is 1. The second kappa shape index (κ2) is 8.43. The van der Waals surface area contributed by atoms with Crippen LogP contribution in [-0.2, 0) is 13.2 Å². The van der Waals surface area contributed by atoms with Crippen molar-refractivity contribution in [3.8, 4) is 5.75 Å². The summed E-state index contributed by atoms with van der Waals surface area (Å²) >= 11 is 6.75. The fourth-order valence-electron chi connectivity index (χ4n) is 4.05. The Bertz CT molecular complexity index is 1180. The molecule has 3 aromatic rings. The highest BCUT2D eigenvalue weighted by atomic mass is 35.5. The summed E-state index contributed by atoms with van der Waals surface area (Å²) in [6.07, 6.45) is 3.81. The van der Waals surface area contributed by atoms with E-state index in [1.807, 2.05) is 37.3 Å². The van der Waals surface area contributed by atoms with Gasteiger partial charge in [0, 0.05) is 23.5 Å². The zero-order chi connectivity index (χ0) is 22.2. The molecule has 1 aliphatic carbocycles. The molecule has 1 saturated carbocycles. The van der Waals surface area contributed by atoms with Crippen LogP contribution in [0.15, 0.2) is 54.7 Å². The predicted molar refractivity (Wildman–Crippen MR) is 123 cm³/mol. The number of nitrogens with zero attached hydrogens (tertiary/aromatic N) is 2. The van der Waals surface area contributed by atoms with E-state index in [0.29, 0.717) is 18.2 Å². The van der Waals surface area contributed by atoms with Gasteiger partial charge in [-0.05, 0) is 61.1 Å². The Hall–Kier alpha value is -3.12. The molecule has 5 nitrogen and oxygen atoms in total. The van der Waals surface area contributed by atoms with Crippen molar-refractivity contribution >= 4 is 29.0 Å². The molecule has 0 radical (unpaired) electrons. The fourth-order valence-corrected chi connectivity index (χ4v) is 4.51. The molecule has 32 heavy (non-hydrogen) atoms. The number of benzene rings is 2. The largest absolute Gasteiger partial charge is 0.487 e. The first-order chi connectivity index (χ1) is 15.5. The molecule has 2 heterocycles. The van der Waals surface area contributed by atoms with E-state index in [0.717, 1.165) is 40.9 Å². The summed E-state index contributed by atoms with van der Waals surface area (Å²) in [6.45, 7) is 2.37. The van der Waals surface area contributed by atoms with Crippen molar-refractivity contribution in [3.63, 3.8) is 0 Å². The number of ether oxygens (including phenoxy) is 1. The Balaban J connectivity index is 1.42. The molecule has 1 N–H and O–H groups in total. The second-order valence-corrected chi connectivity index (χ2v) is 8.77. The van der Waals surface area contributed by atoms with Gasteiger partial charge in [-0.2, -0.15) is 0 Å². The number of fused-ring (bicyclic) bond motifs is 1. The number of aryl methyl sites for hydroxylation is 1. The van der Waals surface area contributed by atoms with Crippen LogP contribution in [0.3, 0.4) is 0 Å². The first kappa shape index (κ1) is 20.8. The summed E-state index contributed by atoms with van der Waals surface area (Å²) in [5.74, 6) is 0.626. The first-order valence-corrected chi connectivity index (χ1v) is 11.1. The lowest BCUT2D eigenvalue weighted by atomic mass is 9.97. The Morgan fingerprint density at radius 3 is 2.88 bits per heavy atom. The van der Waals surface area contributed by atoms with E-state index >= 15 is 0 Å². The van der Waals surface area contributed by atoms with Crippen LogP contribution in [0, 0.1) is 18.7 Å². The van der Waals surface area contributed by atoms with Crippen LogP contribution in [0.1, 0.15) is 40.6 Å². The maximum Gasteiger partial charge on any atom is 0.326 e. The molecular weight excluding hydrogens is 429 g/mol. The van der Waals surface area contributed by atoms with Gasteiger partial charge < -0.3 is 10.1 Å². The van der Waals surface area contributed by atoms with E-state index in [9.17, 15) is 9.18 Å². The predicted octanol–water partition coefficient (Wildman–Crippen LogP) is 6.35. The summed E-state index contributed by atoms with van der Waals surface area (Å²) in [7, 11) is 0. The van der Waals surface area contributed by atoms with Crippen molar-refractivity contribution in [2.75, 3.05) is 10.2 Å². The molecule has 1 aromatic heterocycles. The van der Waals surface area contributed by atoms with Crippen molar-refractivity contribution in [2.45, 2.75) is 38.3 Å². The lowest BCUT2D eigenvalue weighted by Crippen LogP contribution is -2.39. The van der Waals surface area contributed by atoms with E-state index in [-0.39, 0.29) is 23.7 Å². The maximum atomic E-state index is 13.9. The minimum absolute atomic E-state index is 0.00364. The van der Waals surface area contributed by atoms with E-state index < -0.39 is 5.82 Å². The number of hydrogen-bond donors (Lipinski definition) is 1. The summed E-state index contributed by atoms with van der Waals surface area (Å²) in [4.78, 5) is 18.7. The van der Waals surface area contributed by atoms with Gasteiger partial charge in [0.2, 0.25) is 0 Å². The fraction of sp³-hybridized carbons (Fsp3) is 0.280. The van der Waals surface area contributed by atoms with Gasteiger partial charge in [-0.15, -0.1) is 11.6 Å². The third kappa shape index (κ3) is 4.02. The lowest BCUT2D eigenvalue weighted by molar-refractivity contribution is 0.256. The summed E-state index contributed by atoms with van der Waals surface area (Å²) in [6, 6.07) is 14.1. The number of anilines is 2. The van der Waals surface area contributed by atoms with Crippen LogP contribution < -0.4 is 15.0 Å². The van der Waals surface area contributed by atoms with Gasteiger partial charge in [0.15, 0.2) is 0 Å². The molecule has 2 aliphatic rings. The van der Waals surface area contributed by atoms with Crippen molar-refractivity contribution in [2.24, 2.45) is 5.92 Å². The third-order valence-corrected chi connectivity index (χ3v) is 6.62. The molecule has 5 rings (SSSR count). The van der Waals surface area contributed by atoms with E-state index in [1.165, 1.54) is 12.3 Å². The number of rotatable bonds is 6. The number of pyridine rings is 1. The average molecular weight is 452 g/mol. The molecule has 2 aromatic carbocycles. The number of amides is 2. The highest BCUT2D eigenvalue weighted by molar-refractivity contribution is 6.21. The SMILES string of the molecule is Cc1ccc(OCc2ncccc2F)cc1N1Cc2c(cccc2C(Cl)C2CC2)NC1=O. The number of hydrogen-bond acceptors (Lipinski definition) is 3. The molecule has 1 fully saturated rings. The van der Waals surface area contributed by atoms with Gasteiger partial charge in [0.25, 0.3) is 0 Å². The number of carbonyl (C=O) groups excluding carboxylic acids is 1. The van der Waals surface area contributed by atoms with Crippen LogP contribution >= 0.6 is 11.6 Å². The molecule has 0 bridgehead atoms. The normalized spacial score (nSPS) is 16.3. The zero-order valence-corrected chi connectivity index (χ0v) is 18.4. The van der Waals surface area contributed by atoms with Crippen LogP contribution in [0.5, 0.6) is 5.75 Å². The summed E-state index contributed by atoms with van der Waals surface area (Å²) in [5, 5.41) is 2.95. The number of halogens is 2. The molecule has 1 atom stereocenters. The standard InChI is InChI=1S/C25H23ClFN3O2/c1-15-7-10-17(32-14-22-20(27)5-3-11-28-22)12-23(15)30-13-19-18(24(26)16-8-9-16)4-2-6-21(19)29-25(30)31/h2-7,10-12,16,24H,8-9,13-14H2,1H3,(H,29,31).